The molecular formula is C11H15ClN4O3S. The van der Waals surface area contributed by atoms with Gasteiger partial charge in [0.15, 0.2) is 0 Å². The minimum Gasteiger partial charge on any atom is -0.369 e. The van der Waals surface area contributed by atoms with Crippen LogP contribution in [0.2, 0.25) is 5.02 Å². The van der Waals surface area contributed by atoms with Gasteiger partial charge in [-0.25, -0.2) is 9.52 Å². The van der Waals surface area contributed by atoms with E-state index in [9.17, 15) is 13.2 Å². The molecule has 9 heteroatoms. The molecule has 1 heterocycles. The van der Waals surface area contributed by atoms with Crippen LogP contribution in [-0.4, -0.2) is 44.9 Å². The highest BCUT2D eigenvalue weighted by molar-refractivity contribution is 7.87. The topological polar surface area (TPSA) is 95.7 Å². The van der Waals surface area contributed by atoms with Crippen molar-refractivity contribution in [2.45, 2.75) is 0 Å². The van der Waals surface area contributed by atoms with Gasteiger partial charge in [0, 0.05) is 36.9 Å². The maximum atomic E-state index is 11.8. The first kappa shape index (κ1) is 14.9. The molecule has 0 radical (unpaired) electrons. The van der Waals surface area contributed by atoms with Crippen molar-refractivity contribution in [3.05, 3.63) is 29.3 Å². The lowest BCUT2D eigenvalue weighted by molar-refractivity contribution is 0.252. The van der Waals surface area contributed by atoms with E-state index in [4.69, 9.17) is 17.3 Å². The van der Waals surface area contributed by atoms with Crippen molar-refractivity contribution in [2.75, 3.05) is 31.1 Å². The van der Waals surface area contributed by atoms with E-state index < -0.39 is 16.2 Å². The zero-order valence-electron chi connectivity index (χ0n) is 10.6. The van der Waals surface area contributed by atoms with Gasteiger partial charge in [0.1, 0.15) is 0 Å². The number of nitrogens with one attached hydrogen (secondary N) is 1. The Morgan fingerprint density at radius 1 is 1.15 bits per heavy atom. The van der Waals surface area contributed by atoms with Gasteiger partial charge >= 0.3 is 16.2 Å². The number of piperazine rings is 1. The van der Waals surface area contributed by atoms with Crippen molar-refractivity contribution in [3.63, 3.8) is 0 Å². The molecule has 1 fully saturated rings. The zero-order chi connectivity index (χ0) is 14.8. The summed E-state index contributed by atoms with van der Waals surface area (Å²) in [4.78, 5) is 12.7. The van der Waals surface area contributed by atoms with E-state index in [1.165, 1.54) is 4.31 Å². The number of primary amides is 1. The van der Waals surface area contributed by atoms with Crippen molar-refractivity contribution >= 4 is 33.5 Å². The summed E-state index contributed by atoms with van der Waals surface area (Å²) in [6.45, 7) is 1.62. The molecule has 1 aliphatic heterocycles. The van der Waals surface area contributed by atoms with Crippen molar-refractivity contribution in [2.24, 2.45) is 5.73 Å². The van der Waals surface area contributed by atoms with Gasteiger partial charge in [-0.15, -0.1) is 0 Å². The van der Waals surface area contributed by atoms with Gasteiger partial charge in [0.05, 0.1) is 0 Å². The summed E-state index contributed by atoms with van der Waals surface area (Å²) in [5.74, 6) is 0. The third-order valence-corrected chi connectivity index (χ3v) is 4.76. The molecule has 20 heavy (non-hydrogen) atoms. The maximum Gasteiger partial charge on any atom is 0.326 e. The Morgan fingerprint density at radius 2 is 1.70 bits per heavy atom. The number of nitrogens with two attached hydrogens (primary N) is 1. The van der Waals surface area contributed by atoms with Crippen LogP contribution in [0.4, 0.5) is 10.5 Å². The number of carbonyl (C=O) groups excluding carboxylic acids is 1. The lowest BCUT2D eigenvalue weighted by atomic mass is 10.2. The Morgan fingerprint density at radius 3 is 2.20 bits per heavy atom. The average molecular weight is 319 g/mol. The number of halogens is 1. The SMILES string of the molecule is NC(=O)NS(=O)(=O)N1CCN(c2ccc(Cl)cc2)CC1. The molecule has 7 nitrogen and oxygen atoms in total. The Balaban J connectivity index is 1.99. The summed E-state index contributed by atoms with van der Waals surface area (Å²) >= 11 is 5.82. The van der Waals surface area contributed by atoms with Crippen LogP contribution >= 0.6 is 11.6 Å². The third kappa shape index (κ3) is 3.53. The molecule has 0 unspecified atom stereocenters. The summed E-state index contributed by atoms with van der Waals surface area (Å²) in [6, 6.07) is 6.26. The molecule has 0 bridgehead atoms. The van der Waals surface area contributed by atoms with Gasteiger partial charge < -0.3 is 10.6 Å². The van der Waals surface area contributed by atoms with Gasteiger partial charge in [0.25, 0.3) is 0 Å². The van der Waals surface area contributed by atoms with E-state index in [1.807, 2.05) is 17.0 Å². The van der Waals surface area contributed by atoms with E-state index in [2.05, 4.69) is 0 Å². The quantitative estimate of drug-likeness (QED) is 0.842. The minimum atomic E-state index is -3.83. The molecule has 1 aromatic carbocycles. The van der Waals surface area contributed by atoms with Gasteiger partial charge in [-0.1, -0.05) is 11.6 Å². The summed E-state index contributed by atoms with van der Waals surface area (Å²) in [5.41, 5.74) is 5.82. The Labute approximate surface area is 122 Å². The lowest BCUT2D eigenvalue weighted by Crippen LogP contribution is -2.53. The van der Waals surface area contributed by atoms with Gasteiger partial charge in [-0.2, -0.15) is 12.7 Å². The maximum absolute atomic E-state index is 11.8. The number of anilines is 1. The molecule has 0 saturated carbocycles. The van der Waals surface area contributed by atoms with Gasteiger partial charge in [0.2, 0.25) is 0 Å². The molecule has 0 atom stereocenters. The monoisotopic (exact) mass is 318 g/mol. The molecule has 1 aliphatic rings. The fraction of sp³-hybridized carbons (Fsp3) is 0.364. The molecule has 3 N–H and O–H groups in total. The third-order valence-electron chi connectivity index (χ3n) is 3.00. The van der Waals surface area contributed by atoms with Crippen LogP contribution in [-0.2, 0) is 10.2 Å². The van der Waals surface area contributed by atoms with Crippen molar-refractivity contribution in [1.29, 1.82) is 0 Å². The predicted octanol–water partition coefficient (Wildman–Crippen LogP) is 0.375. The first-order valence-corrected chi connectivity index (χ1v) is 7.78. The summed E-state index contributed by atoms with van der Waals surface area (Å²) in [5, 5.41) is 0.653. The molecular weight excluding hydrogens is 304 g/mol. The van der Waals surface area contributed by atoms with Crippen molar-refractivity contribution in [3.8, 4) is 0 Å². The zero-order valence-corrected chi connectivity index (χ0v) is 12.2. The number of amides is 2. The van der Waals surface area contributed by atoms with Crippen molar-refractivity contribution in [1.82, 2.24) is 9.03 Å². The highest BCUT2D eigenvalue weighted by Gasteiger charge is 2.27. The van der Waals surface area contributed by atoms with E-state index in [0.717, 1.165) is 5.69 Å². The number of hydrogen-bond donors (Lipinski definition) is 2. The summed E-state index contributed by atoms with van der Waals surface area (Å²) < 4.78 is 26.5. The molecule has 110 valence electrons. The number of urea groups is 1. The highest BCUT2D eigenvalue weighted by Crippen LogP contribution is 2.19. The second kappa shape index (κ2) is 5.86. The van der Waals surface area contributed by atoms with Crippen LogP contribution in [0.25, 0.3) is 0 Å². The predicted molar refractivity (Wildman–Crippen MR) is 76.9 cm³/mol. The van der Waals surface area contributed by atoms with Crippen LogP contribution in [0.3, 0.4) is 0 Å². The number of rotatable bonds is 3. The largest absolute Gasteiger partial charge is 0.369 e. The van der Waals surface area contributed by atoms with Gasteiger partial charge in [-0.3, -0.25) is 0 Å². The molecule has 0 aliphatic carbocycles. The number of nitrogens with zero attached hydrogens (tertiary/aromatic N) is 2. The Kier molecular flexibility index (Phi) is 4.36. The molecule has 1 saturated heterocycles. The number of carbonyl (C=O) groups is 1. The smallest absolute Gasteiger partial charge is 0.326 e. The Hall–Kier alpha value is -1.51. The number of benzene rings is 1. The van der Waals surface area contributed by atoms with E-state index >= 15 is 0 Å². The highest BCUT2D eigenvalue weighted by atomic mass is 35.5. The lowest BCUT2D eigenvalue weighted by Gasteiger charge is -2.35. The van der Waals surface area contributed by atoms with Crippen molar-refractivity contribution < 1.29 is 13.2 Å². The molecule has 1 aromatic rings. The molecule has 2 amide bonds. The first-order chi connectivity index (χ1) is 9.38. The van der Waals surface area contributed by atoms with Crippen LogP contribution in [0.5, 0.6) is 0 Å². The Bertz CT molecular complexity index is 582. The summed E-state index contributed by atoms with van der Waals surface area (Å²) in [6.07, 6.45) is 0. The van der Waals surface area contributed by atoms with E-state index in [0.29, 0.717) is 18.1 Å². The van der Waals surface area contributed by atoms with Crippen LogP contribution in [0, 0.1) is 0 Å². The van der Waals surface area contributed by atoms with Gasteiger partial charge in [-0.05, 0) is 24.3 Å². The molecule has 2 rings (SSSR count). The normalized spacial score (nSPS) is 16.9. The molecule has 0 aromatic heterocycles. The second-order valence-electron chi connectivity index (χ2n) is 4.33. The average Bonchev–Trinajstić information content (AvgIpc) is 2.38. The van der Waals surface area contributed by atoms with E-state index in [-0.39, 0.29) is 13.1 Å². The van der Waals surface area contributed by atoms with Crippen LogP contribution in [0.1, 0.15) is 0 Å². The minimum absolute atomic E-state index is 0.283. The number of hydrogen-bond acceptors (Lipinski definition) is 4. The summed E-state index contributed by atoms with van der Waals surface area (Å²) in [7, 11) is -3.83. The van der Waals surface area contributed by atoms with Crippen LogP contribution < -0.4 is 15.4 Å². The van der Waals surface area contributed by atoms with E-state index in [1.54, 1.807) is 16.9 Å². The first-order valence-electron chi connectivity index (χ1n) is 5.96. The fourth-order valence-electron chi connectivity index (χ4n) is 2.03. The standard InChI is InChI=1S/C11H15ClN4O3S/c12-9-1-3-10(4-2-9)15-5-7-16(8-6-15)20(18,19)14-11(13)17/h1-4H,5-8H2,(H3,13,14,17). The fourth-order valence-corrected chi connectivity index (χ4v) is 3.18. The second-order valence-corrected chi connectivity index (χ2v) is 6.44. The van der Waals surface area contributed by atoms with Crippen LogP contribution in [0.15, 0.2) is 24.3 Å². The molecule has 0 spiro atoms.